The van der Waals surface area contributed by atoms with Crippen LogP contribution in [0.25, 0.3) is 0 Å². The number of aryl methyl sites for hydroxylation is 1. The number of hydrogen-bond donors (Lipinski definition) is 1. The number of aliphatic hydroxyl groups is 1. The maximum Gasteiger partial charge on any atom is 0.128 e. The summed E-state index contributed by atoms with van der Waals surface area (Å²) in [4.78, 5) is 4.46. The van der Waals surface area contributed by atoms with Crippen LogP contribution in [0.3, 0.4) is 0 Å². The lowest BCUT2D eigenvalue weighted by atomic mass is 9.88. The first-order chi connectivity index (χ1) is 9.65. The lowest BCUT2D eigenvalue weighted by molar-refractivity contribution is -0.000433. The molecule has 0 atom stereocenters. The SMILES string of the molecule is COc1c(C)cnc(COC2CCC(CO)CC2)c1C. The lowest BCUT2D eigenvalue weighted by Gasteiger charge is -2.27. The number of aliphatic hydroxyl groups excluding tert-OH is 1. The van der Waals surface area contributed by atoms with E-state index >= 15 is 0 Å². The Kier molecular flexibility index (Phi) is 5.38. The zero-order valence-electron chi connectivity index (χ0n) is 12.7. The molecule has 2 rings (SSSR count). The summed E-state index contributed by atoms with van der Waals surface area (Å²) in [5.74, 6) is 1.37. The summed E-state index contributed by atoms with van der Waals surface area (Å²) in [5, 5.41) is 9.14. The molecule has 1 aliphatic carbocycles. The van der Waals surface area contributed by atoms with E-state index in [-0.39, 0.29) is 0 Å². The Bertz CT molecular complexity index is 440. The fourth-order valence-electron chi connectivity index (χ4n) is 2.89. The Morgan fingerprint density at radius 2 is 1.95 bits per heavy atom. The van der Waals surface area contributed by atoms with E-state index in [1.165, 1.54) is 0 Å². The molecule has 112 valence electrons. The van der Waals surface area contributed by atoms with Crippen molar-refractivity contribution in [3.63, 3.8) is 0 Å². The van der Waals surface area contributed by atoms with Gasteiger partial charge in [0.15, 0.2) is 0 Å². The van der Waals surface area contributed by atoms with Crippen molar-refractivity contribution in [2.45, 2.75) is 52.2 Å². The molecule has 0 spiro atoms. The molecule has 4 nitrogen and oxygen atoms in total. The van der Waals surface area contributed by atoms with Crippen LogP contribution in [0.4, 0.5) is 0 Å². The smallest absolute Gasteiger partial charge is 0.128 e. The lowest BCUT2D eigenvalue weighted by Crippen LogP contribution is -2.23. The molecule has 1 aliphatic rings. The molecule has 0 radical (unpaired) electrons. The van der Waals surface area contributed by atoms with Gasteiger partial charge in [0.2, 0.25) is 0 Å². The van der Waals surface area contributed by atoms with Gasteiger partial charge in [0.25, 0.3) is 0 Å². The third kappa shape index (κ3) is 3.49. The van der Waals surface area contributed by atoms with Crippen molar-refractivity contribution in [2.75, 3.05) is 13.7 Å². The van der Waals surface area contributed by atoms with E-state index in [0.717, 1.165) is 48.3 Å². The largest absolute Gasteiger partial charge is 0.496 e. The van der Waals surface area contributed by atoms with Crippen LogP contribution < -0.4 is 4.74 Å². The van der Waals surface area contributed by atoms with E-state index in [1.54, 1.807) is 7.11 Å². The molecule has 0 unspecified atom stereocenters. The molecule has 1 heterocycles. The van der Waals surface area contributed by atoms with Crippen LogP contribution in [-0.4, -0.2) is 29.9 Å². The number of pyridine rings is 1. The van der Waals surface area contributed by atoms with Crippen LogP contribution in [0.1, 0.15) is 42.5 Å². The Labute approximate surface area is 121 Å². The molecule has 0 saturated heterocycles. The number of aromatic nitrogens is 1. The van der Waals surface area contributed by atoms with E-state index in [4.69, 9.17) is 14.6 Å². The normalized spacial score (nSPS) is 22.8. The van der Waals surface area contributed by atoms with Crippen molar-refractivity contribution in [3.8, 4) is 5.75 Å². The third-order valence-electron chi connectivity index (χ3n) is 4.26. The summed E-state index contributed by atoms with van der Waals surface area (Å²) in [5.41, 5.74) is 3.07. The average Bonchev–Trinajstić information content (AvgIpc) is 2.47. The molecule has 0 aromatic carbocycles. The van der Waals surface area contributed by atoms with Gasteiger partial charge in [-0.25, -0.2) is 0 Å². The van der Waals surface area contributed by atoms with Crippen LogP contribution in [0.5, 0.6) is 5.75 Å². The van der Waals surface area contributed by atoms with Crippen LogP contribution in [0, 0.1) is 19.8 Å². The average molecular weight is 279 g/mol. The van der Waals surface area contributed by atoms with Crippen molar-refractivity contribution in [2.24, 2.45) is 5.92 Å². The molecule has 0 bridgehead atoms. The second-order valence-corrected chi connectivity index (χ2v) is 5.68. The Balaban J connectivity index is 1.92. The summed E-state index contributed by atoms with van der Waals surface area (Å²) in [6.07, 6.45) is 6.33. The van der Waals surface area contributed by atoms with Gasteiger partial charge in [-0.15, -0.1) is 0 Å². The molecule has 1 N–H and O–H groups in total. The first-order valence-electron chi connectivity index (χ1n) is 7.37. The zero-order valence-corrected chi connectivity index (χ0v) is 12.7. The maximum atomic E-state index is 9.14. The summed E-state index contributed by atoms with van der Waals surface area (Å²) in [6, 6.07) is 0. The minimum atomic E-state index is 0.297. The Morgan fingerprint density at radius 3 is 2.55 bits per heavy atom. The quantitative estimate of drug-likeness (QED) is 0.900. The van der Waals surface area contributed by atoms with Crippen molar-refractivity contribution in [3.05, 3.63) is 23.0 Å². The van der Waals surface area contributed by atoms with E-state index in [2.05, 4.69) is 4.98 Å². The summed E-state index contributed by atoms with van der Waals surface area (Å²) in [7, 11) is 1.69. The van der Waals surface area contributed by atoms with Gasteiger partial charge in [0.05, 0.1) is 25.5 Å². The van der Waals surface area contributed by atoms with Gasteiger partial charge in [0, 0.05) is 23.9 Å². The minimum Gasteiger partial charge on any atom is -0.496 e. The molecule has 4 heteroatoms. The zero-order chi connectivity index (χ0) is 14.5. The van der Waals surface area contributed by atoms with Crippen LogP contribution in [0.2, 0.25) is 0 Å². The molecule has 20 heavy (non-hydrogen) atoms. The third-order valence-corrected chi connectivity index (χ3v) is 4.26. The molecule has 1 aromatic heterocycles. The highest BCUT2D eigenvalue weighted by Gasteiger charge is 2.21. The minimum absolute atomic E-state index is 0.297. The van der Waals surface area contributed by atoms with E-state index in [1.807, 2.05) is 20.0 Å². The summed E-state index contributed by atoms with van der Waals surface area (Å²) in [6.45, 7) is 4.87. The second kappa shape index (κ2) is 7.04. The van der Waals surface area contributed by atoms with E-state index in [9.17, 15) is 0 Å². The Morgan fingerprint density at radius 1 is 1.25 bits per heavy atom. The van der Waals surface area contributed by atoms with Crippen molar-refractivity contribution >= 4 is 0 Å². The number of hydrogen-bond acceptors (Lipinski definition) is 4. The van der Waals surface area contributed by atoms with Gasteiger partial charge in [0.1, 0.15) is 5.75 Å². The maximum absolute atomic E-state index is 9.14. The number of rotatable bonds is 5. The fourth-order valence-corrected chi connectivity index (χ4v) is 2.89. The highest BCUT2D eigenvalue weighted by molar-refractivity contribution is 5.40. The van der Waals surface area contributed by atoms with Gasteiger partial charge in [-0.1, -0.05) is 0 Å². The second-order valence-electron chi connectivity index (χ2n) is 5.68. The first-order valence-corrected chi connectivity index (χ1v) is 7.37. The molecular weight excluding hydrogens is 254 g/mol. The standard InChI is InChI=1S/C16H25NO3/c1-11-8-17-15(12(2)16(11)19-3)10-20-14-6-4-13(9-18)5-7-14/h8,13-14,18H,4-7,9-10H2,1-3H3. The van der Waals surface area contributed by atoms with Crippen molar-refractivity contribution < 1.29 is 14.6 Å². The highest BCUT2D eigenvalue weighted by atomic mass is 16.5. The topological polar surface area (TPSA) is 51.6 Å². The molecule has 1 saturated carbocycles. The fraction of sp³-hybridized carbons (Fsp3) is 0.688. The summed E-state index contributed by atoms with van der Waals surface area (Å²) < 4.78 is 11.4. The first kappa shape index (κ1) is 15.3. The number of methoxy groups -OCH3 is 1. The van der Waals surface area contributed by atoms with E-state index < -0.39 is 0 Å². The van der Waals surface area contributed by atoms with Gasteiger partial charge in [-0.3, -0.25) is 4.98 Å². The predicted molar refractivity (Wildman–Crippen MR) is 77.9 cm³/mol. The predicted octanol–water partition coefficient (Wildman–Crippen LogP) is 2.77. The van der Waals surface area contributed by atoms with Crippen molar-refractivity contribution in [1.82, 2.24) is 4.98 Å². The van der Waals surface area contributed by atoms with Gasteiger partial charge in [-0.05, 0) is 45.4 Å². The van der Waals surface area contributed by atoms with E-state index in [0.29, 0.717) is 25.2 Å². The van der Waals surface area contributed by atoms with Crippen molar-refractivity contribution in [1.29, 1.82) is 0 Å². The van der Waals surface area contributed by atoms with Gasteiger partial charge >= 0.3 is 0 Å². The summed E-state index contributed by atoms with van der Waals surface area (Å²) >= 11 is 0. The molecule has 0 amide bonds. The Hall–Kier alpha value is -1.13. The molecule has 1 fully saturated rings. The van der Waals surface area contributed by atoms with Crippen LogP contribution in [0.15, 0.2) is 6.20 Å². The number of nitrogens with zero attached hydrogens (tertiary/aromatic N) is 1. The number of ether oxygens (including phenoxy) is 2. The molecule has 0 aliphatic heterocycles. The molecular formula is C16H25NO3. The van der Waals surface area contributed by atoms with Crippen LogP contribution >= 0.6 is 0 Å². The molecule has 1 aromatic rings. The van der Waals surface area contributed by atoms with Gasteiger partial charge in [-0.2, -0.15) is 0 Å². The highest BCUT2D eigenvalue weighted by Crippen LogP contribution is 2.28. The monoisotopic (exact) mass is 279 g/mol. The van der Waals surface area contributed by atoms with Crippen LogP contribution in [-0.2, 0) is 11.3 Å². The van der Waals surface area contributed by atoms with Gasteiger partial charge < -0.3 is 14.6 Å².